The summed E-state index contributed by atoms with van der Waals surface area (Å²) >= 11 is 0. The molecule has 0 amide bonds. The molecular formula is C10H14N2O2. The van der Waals surface area contributed by atoms with E-state index in [9.17, 15) is 4.79 Å². The van der Waals surface area contributed by atoms with Crippen LogP contribution in [0.15, 0.2) is 30.4 Å². The number of carbonyl (C=O) groups excluding carboxylic acids is 1. The van der Waals surface area contributed by atoms with E-state index in [1.54, 1.807) is 18.5 Å². The van der Waals surface area contributed by atoms with Gasteiger partial charge in [0, 0.05) is 11.8 Å². The van der Waals surface area contributed by atoms with E-state index < -0.39 is 0 Å². The van der Waals surface area contributed by atoms with Crippen LogP contribution in [0, 0.1) is 0 Å². The van der Waals surface area contributed by atoms with Crippen molar-refractivity contribution in [3.05, 3.63) is 30.4 Å². The number of allylic oxidation sites excluding steroid dienone is 1. The molecule has 1 heterocycles. The number of carbonyl (C=O) groups is 1. The van der Waals surface area contributed by atoms with Crippen LogP contribution >= 0.6 is 0 Å². The summed E-state index contributed by atoms with van der Waals surface area (Å²) in [6.45, 7) is 3.86. The zero-order chi connectivity index (χ0) is 10.4. The van der Waals surface area contributed by atoms with Crippen LogP contribution in [-0.2, 0) is 4.79 Å². The van der Waals surface area contributed by atoms with Gasteiger partial charge in [-0.15, -0.1) is 0 Å². The molecule has 0 N–H and O–H groups in total. The van der Waals surface area contributed by atoms with E-state index in [0.717, 1.165) is 12.8 Å². The Bertz CT molecular complexity index is 315. The maximum atomic E-state index is 11.5. The second-order valence-corrected chi connectivity index (χ2v) is 2.87. The summed E-state index contributed by atoms with van der Waals surface area (Å²) in [6.07, 6.45) is 8.03. The Hall–Kier alpha value is -1.58. The molecule has 0 fully saturated rings. The van der Waals surface area contributed by atoms with Crippen LogP contribution in [0.3, 0.4) is 0 Å². The van der Waals surface area contributed by atoms with E-state index in [1.165, 1.54) is 11.1 Å². The van der Waals surface area contributed by atoms with Crippen molar-refractivity contribution in [2.45, 2.75) is 26.7 Å². The summed E-state index contributed by atoms with van der Waals surface area (Å²) in [5.41, 5.74) is 0.696. The predicted molar refractivity (Wildman–Crippen MR) is 52.5 cm³/mol. The van der Waals surface area contributed by atoms with Crippen LogP contribution in [0.25, 0.3) is 0 Å². The summed E-state index contributed by atoms with van der Waals surface area (Å²) in [5, 5.41) is 0. The molecule has 14 heavy (non-hydrogen) atoms. The highest BCUT2D eigenvalue weighted by molar-refractivity contribution is 5.88. The minimum Gasteiger partial charge on any atom is -0.330 e. The fourth-order valence-corrected chi connectivity index (χ4v) is 1.09. The molecule has 1 aromatic rings. The van der Waals surface area contributed by atoms with Crippen molar-refractivity contribution in [3.8, 4) is 0 Å². The highest BCUT2D eigenvalue weighted by Crippen LogP contribution is 2.05. The predicted octanol–water partition coefficient (Wildman–Crippen LogP) is 1.58. The molecule has 0 spiro atoms. The Balaban J connectivity index is 2.57. The van der Waals surface area contributed by atoms with Gasteiger partial charge in [-0.1, -0.05) is 19.4 Å². The normalized spacial score (nSPS) is 11.4. The summed E-state index contributed by atoms with van der Waals surface area (Å²) in [7, 11) is 0. The summed E-state index contributed by atoms with van der Waals surface area (Å²) in [6, 6.07) is 0. The van der Waals surface area contributed by atoms with Crippen LogP contribution in [0.4, 0.5) is 0 Å². The van der Waals surface area contributed by atoms with Crippen molar-refractivity contribution >= 4 is 5.97 Å². The molecule has 0 radical (unpaired) electrons. The average molecular weight is 194 g/mol. The molecule has 76 valence electrons. The molecule has 1 rings (SSSR count). The quantitative estimate of drug-likeness (QED) is 0.683. The molecule has 0 aliphatic carbocycles. The van der Waals surface area contributed by atoms with E-state index in [2.05, 4.69) is 4.98 Å². The standard InChI is InChI=1S/C10H14N2O2/c1-3-5-9(4-2)10(13)14-12-7-6-11-8-12/h4,6-8H,3,5H2,1-2H3. The molecule has 0 unspecified atom stereocenters. The first-order chi connectivity index (χ1) is 6.77. The van der Waals surface area contributed by atoms with E-state index in [-0.39, 0.29) is 5.97 Å². The lowest BCUT2D eigenvalue weighted by atomic mass is 10.1. The van der Waals surface area contributed by atoms with E-state index >= 15 is 0 Å². The van der Waals surface area contributed by atoms with Gasteiger partial charge in [0.1, 0.15) is 6.33 Å². The summed E-state index contributed by atoms with van der Waals surface area (Å²) in [4.78, 5) is 20.3. The monoisotopic (exact) mass is 194 g/mol. The van der Waals surface area contributed by atoms with Gasteiger partial charge in [0.25, 0.3) is 0 Å². The third-order valence-electron chi connectivity index (χ3n) is 1.80. The fraction of sp³-hybridized carbons (Fsp3) is 0.400. The topological polar surface area (TPSA) is 44.1 Å². The minimum absolute atomic E-state index is 0.313. The molecule has 1 aromatic heterocycles. The third-order valence-corrected chi connectivity index (χ3v) is 1.80. The van der Waals surface area contributed by atoms with Crippen LogP contribution in [-0.4, -0.2) is 15.7 Å². The second-order valence-electron chi connectivity index (χ2n) is 2.87. The van der Waals surface area contributed by atoms with Gasteiger partial charge in [-0.2, -0.15) is 4.73 Å². The molecule has 0 aliphatic rings. The maximum Gasteiger partial charge on any atom is 0.359 e. The van der Waals surface area contributed by atoms with Crippen molar-refractivity contribution < 1.29 is 9.63 Å². The van der Waals surface area contributed by atoms with Crippen molar-refractivity contribution in [2.75, 3.05) is 0 Å². The minimum atomic E-state index is -0.313. The fourth-order valence-electron chi connectivity index (χ4n) is 1.09. The van der Waals surface area contributed by atoms with Gasteiger partial charge >= 0.3 is 5.97 Å². The lowest BCUT2D eigenvalue weighted by Gasteiger charge is -2.05. The SMILES string of the molecule is CC=C(CCC)C(=O)On1ccnc1. The Morgan fingerprint density at radius 3 is 2.93 bits per heavy atom. The molecule has 4 nitrogen and oxygen atoms in total. The first-order valence-electron chi connectivity index (χ1n) is 4.63. The number of hydrogen-bond donors (Lipinski definition) is 0. The first kappa shape index (κ1) is 10.5. The first-order valence-corrected chi connectivity index (χ1v) is 4.63. The number of imidazole rings is 1. The molecular weight excluding hydrogens is 180 g/mol. The van der Waals surface area contributed by atoms with Crippen molar-refractivity contribution in [1.29, 1.82) is 0 Å². The van der Waals surface area contributed by atoms with Crippen LogP contribution in [0.2, 0.25) is 0 Å². The van der Waals surface area contributed by atoms with Gasteiger partial charge in [-0.3, -0.25) is 0 Å². The van der Waals surface area contributed by atoms with Crippen LogP contribution < -0.4 is 4.84 Å². The largest absolute Gasteiger partial charge is 0.359 e. The highest BCUT2D eigenvalue weighted by Gasteiger charge is 2.09. The van der Waals surface area contributed by atoms with Crippen molar-refractivity contribution in [3.63, 3.8) is 0 Å². The Labute approximate surface area is 83.2 Å². The van der Waals surface area contributed by atoms with Gasteiger partial charge in [0.15, 0.2) is 0 Å². The van der Waals surface area contributed by atoms with Crippen LogP contribution in [0.1, 0.15) is 26.7 Å². The zero-order valence-electron chi connectivity index (χ0n) is 8.43. The Morgan fingerprint density at radius 1 is 1.64 bits per heavy atom. The van der Waals surface area contributed by atoms with Gasteiger partial charge in [0.05, 0.1) is 6.20 Å². The van der Waals surface area contributed by atoms with Gasteiger partial charge in [-0.05, 0) is 13.3 Å². The molecule has 0 saturated carbocycles. The molecule has 0 saturated heterocycles. The Kier molecular flexibility index (Phi) is 3.91. The summed E-state index contributed by atoms with van der Waals surface area (Å²) < 4.78 is 1.29. The van der Waals surface area contributed by atoms with Gasteiger partial charge in [0.2, 0.25) is 0 Å². The number of aromatic nitrogens is 2. The highest BCUT2D eigenvalue weighted by atomic mass is 16.7. The van der Waals surface area contributed by atoms with E-state index in [4.69, 9.17) is 4.84 Å². The van der Waals surface area contributed by atoms with Crippen molar-refractivity contribution in [2.24, 2.45) is 0 Å². The van der Waals surface area contributed by atoms with E-state index in [1.807, 2.05) is 13.8 Å². The molecule has 0 bridgehead atoms. The molecule has 0 atom stereocenters. The zero-order valence-corrected chi connectivity index (χ0v) is 8.43. The number of hydrogen-bond acceptors (Lipinski definition) is 3. The Morgan fingerprint density at radius 2 is 2.43 bits per heavy atom. The molecule has 0 aromatic carbocycles. The molecule has 4 heteroatoms. The van der Waals surface area contributed by atoms with Crippen LogP contribution in [0.5, 0.6) is 0 Å². The van der Waals surface area contributed by atoms with Gasteiger partial charge in [-0.25, -0.2) is 9.78 Å². The average Bonchev–Trinajstić information content (AvgIpc) is 2.66. The third kappa shape index (κ3) is 2.73. The number of nitrogens with zero attached hydrogens (tertiary/aromatic N) is 2. The molecule has 0 aliphatic heterocycles. The second kappa shape index (κ2) is 5.21. The number of rotatable bonds is 4. The van der Waals surface area contributed by atoms with E-state index in [0.29, 0.717) is 5.57 Å². The lowest BCUT2D eigenvalue weighted by Crippen LogP contribution is -2.20. The smallest absolute Gasteiger partial charge is 0.330 e. The summed E-state index contributed by atoms with van der Waals surface area (Å²) in [5.74, 6) is -0.313. The lowest BCUT2D eigenvalue weighted by molar-refractivity contribution is -0.139. The van der Waals surface area contributed by atoms with Crippen molar-refractivity contribution in [1.82, 2.24) is 9.71 Å². The maximum absolute atomic E-state index is 11.5. The van der Waals surface area contributed by atoms with Gasteiger partial charge < -0.3 is 4.84 Å².